The monoisotopic (exact) mass is 480 g/mol. The van der Waals surface area contributed by atoms with Crippen LogP contribution < -0.4 is 4.74 Å². The van der Waals surface area contributed by atoms with Gasteiger partial charge in [-0.05, 0) is 48.2 Å². The van der Waals surface area contributed by atoms with E-state index in [1.54, 1.807) is 38.2 Å². The van der Waals surface area contributed by atoms with E-state index in [0.29, 0.717) is 29.9 Å². The number of ether oxygens (including phenoxy) is 3. The Morgan fingerprint density at radius 2 is 1.57 bits per heavy atom. The molecule has 0 bridgehead atoms. The lowest BCUT2D eigenvalue weighted by atomic mass is 9.95. The summed E-state index contributed by atoms with van der Waals surface area (Å²) >= 11 is 0. The number of rotatable bonds is 8. The molecule has 3 aromatic rings. The van der Waals surface area contributed by atoms with Gasteiger partial charge in [0.2, 0.25) is 5.82 Å². The Kier molecular flexibility index (Phi) is 8.31. The van der Waals surface area contributed by atoms with Gasteiger partial charge < -0.3 is 14.2 Å². The molecule has 1 fully saturated rings. The van der Waals surface area contributed by atoms with Crippen molar-refractivity contribution in [3.05, 3.63) is 89.8 Å². The van der Waals surface area contributed by atoms with Crippen LogP contribution >= 0.6 is 0 Å². The molecule has 0 aromatic heterocycles. The Morgan fingerprint density at radius 3 is 2.20 bits per heavy atom. The molecule has 0 aliphatic carbocycles. The molecule has 0 radical (unpaired) electrons. The zero-order chi connectivity index (χ0) is 24.8. The van der Waals surface area contributed by atoms with E-state index in [0.717, 1.165) is 18.4 Å². The molecule has 1 aliphatic heterocycles. The van der Waals surface area contributed by atoms with Crippen LogP contribution in [-0.2, 0) is 9.47 Å². The highest BCUT2D eigenvalue weighted by Crippen LogP contribution is 2.33. The molecule has 0 atom stereocenters. The Labute approximate surface area is 204 Å². The molecule has 3 nitrogen and oxygen atoms in total. The van der Waals surface area contributed by atoms with Crippen LogP contribution in [0.25, 0.3) is 22.3 Å². The second-order valence-electron chi connectivity index (χ2n) is 8.43. The van der Waals surface area contributed by atoms with Gasteiger partial charge in [-0.1, -0.05) is 48.6 Å². The van der Waals surface area contributed by atoms with Gasteiger partial charge in [-0.25, -0.2) is 8.78 Å². The van der Waals surface area contributed by atoms with Gasteiger partial charge in [0.05, 0.1) is 19.7 Å². The van der Waals surface area contributed by atoms with E-state index in [1.165, 1.54) is 18.2 Å². The smallest absolute Gasteiger partial charge is 0.201 e. The molecule has 0 spiro atoms. The number of allylic oxidation sites excluding steroid dienone is 2. The van der Waals surface area contributed by atoms with Crippen molar-refractivity contribution >= 4 is 7.85 Å². The van der Waals surface area contributed by atoms with Crippen molar-refractivity contribution < 1.29 is 27.4 Å². The molecule has 182 valence electrons. The first-order valence-electron chi connectivity index (χ1n) is 11.9. The topological polar surface area (TPSA) is 27.7 Å². The summed E-state index contributed by atoms with van der Waals surface area (Å²) in [6, 6.07) is 14.7. The third kappa shape index (κ3) is 5.80. The molecule has 3 aromatic carbocycles. The molecule has 1 heterocycles. The van der Waals surface area contributed by atoms with Crippen molar-refractivity contribution in [3.8, 4) is 28.0 Å². The quantitative estimate of drug-likeness (QED) is 0.283. The lowest BCUT2D eigenvalue weighted by Gasteiger charge is -2.29. The van der Waals surface area contributed by atoms with Crippen LogP contribution in [0.4, 0.5) is 13.2 Å². The third-order valence-corrected chi connectivity index (χ3v) is 6.09. The van der Waals surface area contributed by atoms with E-state index >= 15 is 4.39 Å². The molecule has 0 amide bonds. The fourth-order valence-corrected chi connectivity index (χ4v) is 4.17. The molecule has 4 rings (SSSR count). The van der Waals surface area contributed by atoms with Crippen LogP contribution in [0.1, 0.15) is 31.2 Å². The fourth-order valence-electron chi connectivity index (χ4n) is 4.17. The number of halogens is 3. The zero-order valence-electron chi connectivity index (χ0n) is 19.9. The molecule has 0 unspecified atom stereocenters. The van der Waals surface area contributed by atoms with E-state index in [1.807, 2.05) is 19.1 Å². The Hall–Kier alpha value is -3.03. The van der Waals surface area contributed by atoms with E-state index < -0.39 is 11.6 Å². The summed E-state index contributed by atoms with van der Waals surface area (Å²) < 4.78 is 60.5. The van der Waals surface area contributed by atoms with Crippen molar-refractivity contribution in [2.24, 2.45) is 0 Å². The second-order valence-corrected chi connectivity index (χ2v) is 8.43. The van der Waals surface area contributed by atoms with Gasteiger partial charge in [0.25, 0.3) is 0 Å². The lowest BCUT2D eigenvalue weighted by molar-refractivity contribution is -0.189. The van der Waals surface area contributed by atoms with E-state index in [2.05, 4.69) is 6.08 Å². The number of hydrogen-bond donors (Lipinski definition) is 0. The van der Waals surface area contributed by atoms with Gasteiger partial charge in [0.1, 0.15) is 5.82 Å². The van der Waals surface area contributed by atoms with Crippen molar-refractivity contribution in [3.63, 3.8) is 0 Å². The average molecular weight is 480 g/mol. The van der Waals surface area contributed by atoms with Crippen LogP contribution in [0.15, 0.2) is 66.7 Å². The highest BCUT2D eigenvalue weighted by atomic mass is 19.2. The Bertz CT molecular complexity index is 1170. The summed E-state index contributed by atoms with van der Waals surface area (Å²) in [5.74, 6) is -2.50. The highest BCUT2D eigenvalue weighted by molar-refractivity contribution is 6.08. The molecule has 0 N–H and O–H groups in total. The van der Waals surface area contributed by atoms with Crippen molar-refractivity contribution in [2.45, 2.75) is 32.0 Å². The van der Waals surface area contributed by atoms with Crippen LogP contribution in [0.2, 0.25) is 0 Å². The molecule has 35 heavy (non-hydrogen) atoms. The van der Waals surface area contributed by atoms with Crippen LogP contribution in [0.3, 0.4) is 0 Å². The minimum atomic E-state index is -1.02. The molecule has 1 saturated heterocycles. The minimum Gasteiger partial charge on any atom is -0.500 e. The summed E-state index contributed by atoms with van der Waals surface area (Å²) in [6.07, 6.45) is 5.55. The summed E-state index contributed by atoms with van der Waals surface area (Å²) in [5, 5.41) is 0. The third-order valence-electron chi connectivity index (χ3n) is 6.09. The van der Waals surface area contributed by atoms with Gasteiger partial charge in [-0.15, -0.1) is 0 Å². The number of hydrogen-bond acceptors (Lipinski definition) is 3. The van der Waals surface area contributed by atoms with E-state index in [9.17, 15) is 8.78 Å². The molecular formula is C28H28BF3O3. The van der Waals surface area contributed by atoms with E-state index in [-0.39, 0.29) is 35.8 Å². The average Bonchev–Trinajstić information content (AvgIpc) is 2.88. The van der Waals surface area contributed by atoms with Crippen LogP contribution in [0.5, 0.6) is 5.75 Å². The maximum absolute atomic E-state index is 15.0. The first-order chi connectivity index (χ1) is 17.0. The van der Waals surface area contributed by atoms with Gasteiger partial charge in [-0.2, -0.15) is 4.39 Å². The van der Waals surface area contributed by atoms with Gasteiger partial charge >= 0.3 is 0 Å². The summed E-state index contributed by atoms with van der Waals surface area (Å²) in [5.41, 5.74) is 2.51. The van der Waals surface area contributed by atoms with E-state index in [4.69, 9.17) is 14.2 Å². The number of benzene rings is 3. The van der Waals surface area contributed by atoms with Gasteiger partial charge in [0, 0.05) is 23.5 Å². The Balaban J connectivity index is 1.46. The van der Waals surface area contributed by atoms with Gasteiger partial charge in [-0.3, -0.25) is 0 Å². The first kappa shape index (κ1) is 25.1. The molecular weight excluding hydrogens is 452 g/mol. The predicted molar refractivity (Wildman–Crippen MR) is 134 cm³/mol. The second kappa shape index (κ2) is 11.6. The summed E-state index contributed by atoms with van der Waals surface area (Å²) in [6.45, 7) is 3.19. The largest absolute Gasteiger partial charge is 0.500 e. The lowest BCUT2D eigenvalue weighted by Crippen LogP contribution is -2.30. The van der Waals surface area contributed by atoms with Crippen molar-refractivity contribution in [2.75, 3.05) is 19.7 Å². The van der Waals surface area contributed by atoms with Gasteiger partial charge in [0.15, 0.2) is 25.7 Å². The SMILES string of the molecule is BCOc1ccc(-c2ccc(-c3ccc(C4COC(CC/C=C/C)OC4)cc3F)cc2)c(F)c1F. The summed E-state index contributed by atoms with van der Waals surface area (Å²) in [7, 11) is 1.70. The standard InChI is InChI=1S/C28H28BF3O3/c1-2-3-4-5-26-33-15-21(16-34-26)20-10-11-22(24(30)14-20)18-6-8-19(9-7-18)23-12-13-25(35-17-29)28(32)27(23)31/h2-3,6-14,21,26H,4-5,15-17,29H2,1H3/b3-2+. The van der Waals surface area contributed by atoms with Crippen molar-refractivity contribution in [1.29, 1.82) is 0 Å². The molecule has 7 heteroatoms. The summed E-state index contributed by atoms with van der Waals surface area (Å²) in [4.78, 5) is 0. The van der Waals surface area contributed by atoms with Crippen molar-refractivity contribution in [1.82, 2.24) is 0 Å². The maximum Gasteiger partial charge on any atom is 0.201 e. The molecule has 1 aliphatic rings. The normalized spacial score (nSPS) is 18.2. The molecule has 0 saturated carbocycles. The fraction of sp³-hybridized carbons (Fsp3) is 0.286. The zero-order valence-corrected chi connectivity index (χ0v) is 19.9. The highest BCUT2D eigenvalue weighted by Gasteiger charge is 2.24. The minimum absolute atomic E-state index is 0.0311. The van der Waals surface area contributed by atoms with Crippen LogP contribution in [-0.4, -0.2) is 33.9 Å². The first-order valence-corrected chi connectivity index (χ1v) is 11.9. The predicted octanol–water partition coefficient (Wildman–Crippen LogP) is 6.22. The maximum atomic E-state index is 15.0. The Morgan fingerprint density at radius 1 is 0.914 bits per heavy atom. The van der Waals surface area contributed by atoms with Crippen LogP contribution in [0, 0.1) is 17.5 Å².